The van der Waals surface area contributed by atoms with E-state index in [1.165, 1.54) is 18.5 Å². The lowest BCUT2D eigenvalue weighted by Crippen LogP contribution is -2.08. The third-order valence-corrected chi connectivity index (χ3v) is 4.88. The summed E-state index contributed by atoms with van der Waals surface area (Å²) in [7, 11) is 0. The van der Waals surface area contributed by atoms with Crippen LogP contribution in [0.1, 0.15) is 28.1 Å². The van der Waals surface area contributed by atoms with Crippen LogP contribution in [0.4, 0.5) is 23.2 Å². The molecule has 0 radical (unpaired) electrons. The number of aryl methyl sites for hydroxylation is 2. The van der Waals surface area contributed by atoms with E-state index in [0.29, 0.717) is 41.0 Å². The van der Waals surface area contributed by atoms with E-state index in [2.05, 4.69) is 24.8 Å². The first-order valence-electron chi connectivity index (χ1n) is 9.33. The van der Waals surface area contributed by atoms with Gasteiger partial charge in [-0.3, -0.25) is 9.97 Å². The summed E-state index contributed by atoms with van der Waals surface area (Å²) in [5.74, 6) is -0.605. The molecule has 0 aliphatic rings. The van der Waals surface area contributed by atoms with Crippen molar-refractivity contribution < 1.29 is 17.6 Å². The summed E-state index contributed by atoms with van der Waals surface area (Å²) in [6, 6.07) is 7.35. The van der Waals surface area contributed by atoms with E-state index in [4.69, 9.17) is 6.57 Å². The largest absolute Gasteiger partial charge is 0.433 e. The smallest absolute Gasteiger partial charge is 0.346 e. The highest BCUT2D eigenvalue weighted by molar-refractivity contribution is 5.83. The molecule has 0 aliphatic heterocycles. The van der Waals surface area contributed by atoms with Crippen molar-refractivity contribution in [1.82, 2.24) is 19.9 Å². The summed E-state index contributed by atoms with van der Waals surface area (Å²) < 4.78 is 52.3. The van der Waals surface area contributed by atoms with E-state index in [9.17, 15) is 17.6 Å². The molecule has 4 aromatic rings. The molecule has 0 saturated carbocycles. The van der Waals surface area contributed by atoms with Crippen molar-refractivity contribution in [2.75, 3.05) is 0 Å². The van der Waals surface area contributed by atoms with Gasteiger partial charge in [0, 0.05) is 41.7 Å². The zero-order chi connectivity index (χ0) is 22.0. The summed E-state index contributed by atoms with van der Waals surface area (Å²) in [5.41, 5.74) is 2.39. The summed E-state index contributed by atoms with van der Waals surface area (Å²) in [6.45, 7) is 7.11. The molecule has 0 saturated heterocycles. The lowest BCUT2D eigenvalue weighted by atomic mass is 10.0. The molecule has 156 valence electrons. The van der Waals surface area contributed by atoms with Gasteiger partial charge in [-0.25, -0.2) is 9.83 Å². The second-order valence-electron chi connectivity index (χ2n) is 6.99. The molecule has 0 bridgehead atoms. The van der Waals surface area contributed by atoms with Crippen molar-refractivity contribution in [3.63, 3.8) is 0 Å². The van der Waals surface area contributed by atoms with Crippen molar-refractivity contribution in [2.24, 2.45) is 0 Å². The maximum absolute atomic E-state index is 14.6. The van der Waals surface area contributed by atoms with E-state index in [1.54, 1.807) is 24.4 Å². The van der Waals surface area contributed by atoms with Gasteiger partial charge in [0.15, 0.2) is 0 Å². The van der Waals surface area contributed by atoms with Gasteiger partial charge in [0.1, 0.15) is 11.3 Å². The molecule has 0 aliphatic carbocycles. The summed E-state index contributed by atoms with van der Waals surface area (Å²) in [4.78, 5) is 18.0. The molecule has 0 atom stereocenters. The van der Waals surface area contributed by atoms with Gasteiger partial charge in [-0.05, 0) is 42.2 Å². The Morgan fingerprint density at radius 1 is 1.00 bits per heavy atom. The monoisotopic (exact) mass is 425 g/mol. The molecule has 1 N–H and O–H groups in total. The van der Waals surface area contributed by atoms with Gasteiger partial charge in [-0.1, -0.05) is 12.1 Å². The normalized spacial score (nSPS) is 11.6. The van der Waals surface area contributed by atoms with Crippen LogP contribution in [0.2, 0.25) is 0 Å². The highest BCUT2D eigenvalue weighted by atomic mass is 19.4. The molecule has 4 rings (SSSR count). The third-order valence-electron chi connectivity index (χ3n) is 4.88. The highest BCUT2D eigenvalue weighted by Gasteiger charge is 2.31. The van der Waals surface area contributed by atoms with Gasteiger partial charge >= 0.3 is 6.18 Å². The van der Waals surface area contributed by atoms with Crippen LogP contribution in [0, 0.1) is 12.5 Å². The predicted octanol–water partition coefficient (Wildman–Crippen LogP) is 5.44. The SMILES string of the molecule is [C-]#[N+]c1cnc2[nH]cc(Cc3ccc(CCc4ccc(C(F)(F)F)nc4)nc3F)c2c1. The molecule has 4 aromatic heterocycles. The Morgan fingerprint density at radius 3 is 2.52 bits per heavy atom. The first kappa shape index (κ1) is 20.5. The standard InChI is InChI=1S/C22H15F4N5/c1-27-17-9-18-15(11-29-21(18)30-12-17)8-14-4-6-16(31-20(14)23)5-2-13-3-7-19(28-10-13)22(24,25)26/h3-4,6-7,9-12H,2,5,8H2,(H,29,30). The van der Waals surface area contributed by atoms with Gasteiger partial charge in [0.25, 0.3) is 0 Å². The Hall–Kier alpha value is -3.80. The third kappa shape index (κ3) is 4.53. The van der Waals surface area contributed by atoms with Crippen LogP contribution in [0.5, 0.6) is 0 Å². The number of pyridine rings is 3. The Bertz CT molecular complexity index is 1270. The van der Waals surface area contributed by atoms with Crippen molar-refractivity contribution >= 4 is 16.7 Å². The Labute approximate surface area is 174 Å². The molecule has 4 heterocycles. The van der Waals surface area contributed by atoms with Crippen molar-refractivity contribution in [3.8, 4) is 0 Å². The molecular formula is C22H15F4N5. The number of hydrogen-bond donors (Lipinski definition) is 1. The lowest BCUT2D eigenvalue weighted by Gasteiger charge is -2.07. The molecule has 0 amide bonds. The van der Waals surface area contributed by atoms with Crippen LogP contribution in [0.3, 0.4) is 0 Å². The number of nitrogens with zero attached hydrogens (tertiary/aromatic N) is 4. The van der Waals surface area contributed by atoms with Crippen LogP contribution >= 0.6 is 0 Å². The number of rotatable bonds is 5. The highest BCUT2D eigenvalue weighted by Crippen LogP contribution is 2.27. The van der Waals surface area contributed by atoms with Crippen LogP contribution < -0.4 is 0 Å². The average Bonchev–Trinajstić information content (AvgIpc) is 3.15. The second kappa shape index (κ2) is 8.14. The van der Waals surface area contributed by atoms with E-state index in [0.717, 1.165) is 17.0 Å². The van der Waals surface area contributed by atoms with Crippen molar-refractivity contribution in [1.29, 1.82) is 0 Å². The number of aromatic amines is 1. The predicted molar refractivity (Wildman–Crippen MR) is 106 cm³/mol. The molecule has 0 spiro atoms. The molecule has 9 heteroatoms. The van der Waals surface area contributed by atoms with E-state index >= 15 is 0 Å². The Morgan fingerprint density at radius 2 is 1.84 bits per heavy atom. The van der Waals surface area contributed by atoms with Gasteiger partial charge in [0.05, 0.1) is 6.57 Å². The fourth-order valence-electron chi connectivity index (χ4n) is 3.24. The number of H-pyrrole nitrogens is 1. The van der Waals surface area contributed by atoms with Crippen LogP contribution in [-0.2, 0) is 25.4 Å². The number of aromatic nitrogens is 4. The Balaban J connectivity index is 1.46. The first-order valence-corrected chi connectivity index (χ1v) is 9.33. The van der Waals surface area contributed by atoms with Gasteiger partial charge in [0.2, 0.25) is 11.6 Å². The van der Waals surface area contributed by atoms with Gasteiger partial charge in [-0.2, -0.15) is 17.6 Å². The maximum Gasteiger partial charge on any atom is 0.433 e. The molecule has 5 nitrogen and oxygen atoms in total. The second-order valence-corrected chi connectivity index (χ2v) is 6.99. The topological polar surface area (TPSA) is 58.8 Å². The van der Waals surface area contributed by atoms with Crippen molar-refractivity contribution in [2.45, 2.75) is 25.4 Å². The number of hydrogen-bond acceptors (Lipinski definition) is 3. The molecule has 0 aromatic carbocycles. The minimum atomic E-state index is -4.47. The zero-order valence-corrected chi connectivity index (χ0v) is 16.0. The van der Waals surface area contributed by atoms with E-state index in [1.807, 2.05) is 0 Å². The lowest BCUT2D eigenvalue weighted by molar-refractivity contribution is -0.141. The van der Waals surface area contributed by atoms with Crippen LogP contribution in [-0.4, -0.2) is 19.9 Å². The number of halogens is 4. The van der Waals surface area contributed by atoms with Gasteiger partial charge < -0.3 is 4.98 Å². The van der Waals surface area contributed by atoms with Crippen molar-refractivity contribution in [3.05, 3.63) is 94.4 Å². The summed E-state index contributed by atoms with van der Waals surface area (Å²) in [5, 5.41) is 0.756. The fraction of sp³-hybridized carbons (Fsp3) is 0.182. The number of fused-ring (bicyclic) bond motifs is 1. The Kier molecular flexibility index (Phi) is 5.38. The van der Waals surface area contributed by atoms with E-state index < -0.39 is 17.8 Å². The molecule has 31 heavy (non-hydrogen) atoms. The van der Waals surface area contributed by atoms with Gasteiger partial charge in [-0.15, -0.1) is 0 Å². The summed E-state index contributed by atoms with van der Waals surface area (Å²) >= 11 is 0. The molecule has 0 unspecified atom stereocenters. The fourth-order valence-corrected chi connectivity index (χ4v) is 3.24. The minimum absolute atomic E-state index is 0.283. The quantitative estimate of drug-likeness (QED) is 0.263. The maximum atomic E-state index is 14.6. The molecule has 0 fully saturated rings. The number of alkyl halides is 3. The summed E-state index contributed by atoms with van der Waals surface area (Å²) in [6.07, 6.45) is 0.952. The minimum Gasteiger partial charge on any atom is -0.346 e. The first-order chi connectivity index (χ1) is 14.8. The van der Waals surface area contributed by atoms with Crippen LogP contribution in [0.25, 0.3) is 15.9 Å². The average molecular weight is 425 g/mol. The number of nitrogens with one attached hydrogen (secondary N) is 1. The van der Waals surface area contributed by atoms with E-state index in [-0.39, 0.29) is 6.42 Å². The zero-order valence-electron chi connectivity index (χ0n) is 16.0. The van der Waals surface area contributed by atoms with Crippen LogP contribution in [0.15, 0.2) is 48.9 Å². The molecular weight excluding hydrogens is 410 g/mol.